The summed E-state index contributed by atoms with van der Waals surface area (Å²) < 4.78 is 5.75. The fourth-order valence-electron chi connectivity index (χ4n) is 1.62. The van der Waals surface area contributed by atoms with Crippen molar-refractivity contribution in [3.05, 3.63) is 0 Å². The molecule has 3 nitrogen and oxygen atoms in total. The van der Waals surface area contributed by atoms with Crippen molar-refractivity contribution in [3.8, 4) is 0 Å². The number of hydrogen-bond acceptors (Lipinski definition) is 3. The standard InChI is InChI=1S/C9H19NO2/c1-7(2)9(3)10(4)5-8(6-11)12-9/h7-8,11H,5-6H2,1-4H3. The topological polar surface area (TPSA) is 32.7 Å². The SMILES string of the molecule is CC(C)C1(C)OC(CO)CN1C. The summed E-state index contributed by atoms with van der Waals surface area (Å²) in [5.74, 6) is 0.444. The molecule has 0 aromatic rings. The van der Waals surface area contributed by atoms with E-state index in [0.717, 1.165) is 6.54 Å². The Bertz CT molecular complexity index is 161. The summed E-state index contributed by atoms with van der Waals surface area (Å²) in [6.45, 7) is 7.29. The molecule has 1 saturated heterocycles. The lowest BCUT2D eigenvalue weighted by Gasteiger charge is -2.34. The predicted molar refractivity (Wildman–Crippen MR) is 47.8 cm³/mol. The van der Waals surface area contributed by atoms with Gasteiger partial charge in [0.1, 0.15) is 5.72 Å². The third-order valence-electron chi connectivity index (χ3n) is 2.92. The van der Waals surface area contributed by atoms with Gasteiger partial charge < -0.3 is 9.84 Å². The highest BCUT2D eigenvalue weighted by Crippen LogP contribution is 2.31. The number of aliphatic hydroxyl groups excluding tert-OH is 1. The van der Waals surface area contributed by atoms with Crippen LogP contribution in [0, 0.1) is 5.92 Å². The maximum atomic E-state index is 8.95. The van der Waals surface area contributed by atoms with E-state index in [9.17, 15) is 0 Å². The van der Waals surface area contributed by atoms with Crippen LogP contribution in [0.3, 0.4) is 0 Å². The molecule has 1 N–H and O–H groups in total. The van der Waals surface area contributed by atoms with E-state index in [1.165, 1.54) is 0 Å². The van der Waals surface area contributed by atoms with Gasteiger partial charge in [-0.25, -0.2) is 0 Å². The first-order valence-corrected chi connectivity index (χ1v) is 4.50. The van der Waals surface area contributed by atoms with Gasteiger partial charge in [-0.2, -0.15) is 0 Å². The van der Waals surface area contributed by atoms with Crippen LogP contribution in [0.25, 0.3) is 0 Å². The molecule has 1 heterocycles. The third kappa shape index (κ3) is 1.49. The van der Waals surface area contributed by atoms with Crippen molar-refractivity contribution >= 4 is 0 Å². The second kappa shape index (κ2) is 3.32. The lowest BCUT2D eigenvalue weighted by molar-refractivity contribution is -0.121. The molecule has 1 rings (SSSR count). The molecule has 2 atom stereocenters. The van der Waals surface area contributed by atoms with Crippen molar-refractivity contribution in [2.75, 3.05) is 20.2 Å². The van der Waals surface area contributed by atoms with Gasteiger partial charge in [0.25, 0.3) is 0 Å². The highest BCUT2D eigenvalue weighted by Gasteiger charge is 2.42. The quantitative estimate of drug-likeness (QED) is 0.666. The minimum atomic E-state index is -0.201. The molecule has 0 bridgehead atoms. The molecular weight excluding hydrogens is 154 g/mol. The first-order chi connectivity index (χ1) is 5.50. The molecule has 1 fully saturated rings. The fraction of sp³-hybridized carbons (Fsp3) is 1.00. The van der Waals surface area contributed by atoms with Crippen molar-refractivity contribution in [1.82, 2.24) is 4.90 Å². The van der Waals surface area contributed by atoms with Crippen LogP contribution in [0.15, 0.2) is 0 Å². The van der Waals surface area contributed by atoms with E-state index in [1.807, 2.05) is 7.05 Å². The first-order valence-electron chi connectivity index (χ1n) is 4.50. The number of ether oxygens (including phenoxy) is 1. The number of rotatable bonds is 2. The van der Waals surface area contributed by atoms with Gasteiger partial charge in [0.15, 0.2) is 0 Å². The van der Waals surface area contributed by atoms with E-state index in [4.69, 9.17) is 9.84 Å². The summed E-state index contributed by atoms with van der Waals surface area (Å²) in [6, 6.07) is 0. The fourth-order valence-corrected chi connectivity index (χ4v) is 1.62. The summed E-state index contributed by atoms with van der Waals surface area (Å²) in [6.07, 6.45) is -0.0117. The van der Waals surface area contributed by atoms with Gasteiger partial charge in [-0.15, -0.1) is 0 Å². The second-order valence-corrected chi connectivity index (χ2v) is 4.01. The molecule has 0 aromatic carbocycles. The predicted octanol–water partition coefficient (Wildman–Crippen LogP) is 0.681. The zero-order valence-electron chi connectivity index (χ0n) is 8.37. The van der Waals surface area contributed by atoms with Crippen LogP contribution in [-0.2, 0) is 4.74 Å². The largest absolute Gasteiger partial charge is 0.394 e. The molecule has 0 spiro atoms. The Morgan fingerprint density at radius 2 is 2.25 bits per heavy atom. The second-order valence-electron chi connectivity index (χ2n) is 4.01. The Balaban J connectivity index is 2.67. The zero-order valence-corrected chi connectivity index (χ0v) is 8.37. The van der Waals surface area contributed by atoms with E-state index >= 15 is 0 Å². The Labute approximate surface area is 74.3 Å². The average Bonchev–Trinajstić information content (AvgIpc) is 2.29. The summed E-state index contributed by atoms with van der Waals surface area (Å²) in [7, 11) is 2.04. The van der Waals surface area contributed by atoms with E-state index in [0.29, 0.717) is 5.92 Å². The lowest BCUT2D eigenvalue weighted by atomic mass is 10.0. The van der Waals surface area contributed by atoms with Crippen molar-refractivity contribution in [2.24, 2.45) is 5.92 Å². The Morgan fingerprint density at radius 3 is 2.50 bits per heavy atom. The van der Waals surface area contributed by atoms with Gasteiger partial charge in [0.05, 0.1) is 12.7 Å². The molecule has 12 heavy (non-hydrogen) atoms. The van der Waals surface area contributed by atoms with E-state index in [-0.39, 0.29) is 18.4 Å². The van der Waals surface area contributed by atoms with E-state index in [2.05, 4.69) is 25.7 Å². The van der Waals surface area contributed by atoms with Crippen molar-refractivity contribution in [3.63, 3.8) is 0 Å². The number of likely N-dealkylation sites (N-methyl/N-ethyl adjacent to an activating group) is 1. The van der Waals surface area contributed by atoms with Gasteiger partial charge in [-0.3, -0.25) is 4.90 Å². The molecule has 72 valence electrons. The van der Waals surface area contributed by atoms with Crippen LogP contribution in [0.4, 0.5) is 0 Å². The van der Waals surface area contributed by atoms with Crippen LogP contribution in [0.5, 0.6) is 0 Å². The molecule has 0 aromatic heterocycles. The van der Waals surface area contributed by atoms with Crippen LogP contribution < -0.4 is 0 Å². The van der Waals surface area contributed by atoms with Gasteiger partial charge in [-0.1, -0.05) is 13.8 Å². The molecule has 1 aliphatic heterocycles. The highest BCUT2D eigenvalue weighted by atomic mass is 16.5. The molecule has 3 heteroatoms. The van der Waals surface area contributed by atoms with Crippen LogP contribution >= 0.6 is 0 Å². The van der Waals surface area contributed by atoms with Gasteiger partial charge in [0, 0.05) is 6.54 Å². The molecule has 0 aliphatic carbocycles. The Morgan fingerprint density at radius 1 is 1.67 bits per heavy atom. The average molecular weight is 173 g/mol. The van der Waals surface area contributed by atoms with Gasteiger partial charge in [-0.05, 0) is 19.9 Å². The third-order valence-corrected chi connectivity index (χ3v) is 2.92. The summed E-state index contributed by atoms with van der Waals surface area (Å²) >= 11 is 0. The molecular formula is C9H19NO2. The Hall–Kier alpha value is -0.120. The number of aliphatic hydroxyl groups is 1. The molecule has 1 aliphatic rings. The molecule has 0 amide bonds. The highest BCUT2D eigenvalue weighted by molar-refractivity contribution is 4.87. The van der Waals surface area contributed by atoms with Crippen molar-refractivity contribution in [2.45, 2.75) is 32.6 Å². The maximum absolute atomic E-state index is 8.95. The Kier molecular flexibility index (Phi) is 2.76. The minimum Gasteiger partial charge on any atom is -0.394 e. The van der Waals surface area contributed by atoms with Crippen LogP contribution in [-0.4, -0.2) is 42.0 Å². The van der Waals surface area contributed by atoms with Crippen molar-refractivity contribution in [1.29, 1.82) is 0 Å². The van der Waals surface area contributed by atoms with Crippen LogP contribution in [0.1, 0.15) is 20.8 Å². The first kappa shape index (κ1) is 9.96. The van der Waals surface area contributed by atoms with Gasteiger partial charge >= 0.3 is 0 Å². The maximum Gasteiger partial charge on any atom is 0.121 e. The summed E-state index contributed by atoms with van der Waals surface area (Å²) in [5.41, 5.74) is -0.201. The molecule has 2 unspecified atom stereocenters. The molecule has 0 saturated carbocycles. The van der Waals surface area contributed by atoms with Crippen LogP contribution in [0.2, 0.25) is 0 Å². The minimum absolute atomic E-state index is 0.0117. The normalized spacial score (nSPS) is 38.0. The smallest absolute Gasteiger partial charge is 0.121 e. The summed E-state index contributed by atoms with van der Waals surface area (Å²) in [4.78, 5) is 2.17. The number of hydrogen-bond donors (Lipinski definition) is 1. The van der Waals surface area contributed by atoms with Gasteiger partial charge in [0.2, 0.25) is 0 Å². The van der Waals surface area contributed by atoms with E-state index < -0.39 is 0 Å². The van der Waals surface area contributed by atoms with E-state index in [1.54, 1.807) is 0 Å². The zero-order chi connectivity index (χ0) is 9.35. The monoisotopic (exact) mass is 173 g/mol. The molecule has 0 radical (unpaired) electrons. The van der Waals surface area contributed by atoms with Crippen molar-refractivity contribution < 1.29 is 9.84 Å². The number of nitrogens with zero attached hydrogens (tertiary/aromatic N) is 1. The lowest BCUT2D eigenvalue weighted by Crippen LogP contribution is -2.44. The summed E-state index contributed by atoms with van der Waals surface area (Å²) in [5, 5.41) is 8.95.